The van der Waals surface area contributed by atoms with Gasteiger partial charge in [-0.15, -0.1) is 0 Å². The normalized spacial score (nSPS) is 26.5. The molecule has 2 aromatic rings. The van der Waals surface area contributed by atoms with E-state index in [4.69, 9.17) is 13.9 Å². The number of ether oxygens (including phenoxy) is 2. The molecule has 0 bridgehead atoms. The second kappa shape index (κ2) is 7.09. The van der Waals surface area contributed by atoms with Crippen molar-refractivity contribution in [2.24, 2.45) is 0 Å². The van der Waals surface area contributed by atoms with Gasteiger partial charge >= 0.3 is 0 Å². The predicted molar refractivity (Wildman–Crippen MR) is 106 cm³/mol. The minimum atomic E-state index is -3.29. The SMILES string of the molecule is O=C(c1cc2ccccc2o1)N1CC2(C1)CS(=O)(=O)[C@@H](CN1CCOCC1)CO2. The van der Waals surface area contributed by atoms with E-state index in [9.17, 15) is 13.2 Å². The summed E-state index contributed by atoms with van der Waals surface area (Å²) in [5.74, 6) is -0.00740. The van der Waals surface area contributed by atoms with Gasteiger partial charge in [0.2, 0.25) is 0 Å². The lowest BCUT2D eigenvalue weighted by Gasteiger charge is -2.52. The summed E-state index contributed by atoms with van der Waals surface area (Å²) in [6.07, 6.45) is 0. The summed E-state index contributed by atoms with van der Waals surface area (Å²) in [7, 11) is -3.29. The van der Waals surface area contributed by atoms with Crippen molar-refractivity contribution in [1.29, 1.82) is 0 Å². The van der Waals surface area contributed by atoms with Gasteiger partial charge in [-0.1, -0.05) is 18.2 Å². The van der Waals surface area contributed by atoms with Crippen LogP contribution in [0.5, 0.6) is 0 Å². The third kappa shape index (κ3) is 3.56. The highest BCUT2D eigenvalue weighted by Gasteiger charge is 2.54. The molecule has 0 saturated carbocycles. The molecule has 4 heterocycles. The summed E-state index contributed by atoms with van der Waals surface area (Å²) in [4.78, 5) is 16.4. The molecule has 0 unspecified atom stereocenters. The Kier molecular flexibility index (Phi) is 4.65. The van der Waals surface area contributed by atoms with E-state index in [2.05, 4.69) is 4.90 Å². The van der Waals surface area contributed by atoms with E-state index in [0.29, 0.717) is 25.3 Å². The van der Waals surface area contributed by atoms with Gasteiger partial charge in [0, 0.05) is 25.0 Å². The molecule has 8 nitrogen and oxygen atoms in total. The van der Waals surface area contributed by atoms with Gasteiger partial charge in [-0.05, 0) is 12.1 Å². The third-order valence-corrected chi connectivity index (χ3v) is 8.22. The fourth-order valence-electron chi connectivity index (χ4n) is 4.36. The van der Waals surface area contributed by atoms with E-state index in [1.165, 1.54) is 0 Å². The van der Waals surface area contributed by atoms with Crippen LogP contribution < -0.4 is 0 Å². The first-order chi connectivity index (χ1) is 13.9. The molecule has 1 spiro atoms. The highest BCUT2D eigenvalue weighted by atomic mass is 32.2. The first-order valence-electron chi connectivity index (χ1n) is 9.88. The smallest absolute Gasteiger partial charge is 0.289 e. The standard InChI is InChI=1S/C20H24N2O6S/c23-19(18-9-15-3-1-2-4-17(15)28-18)22-12-20(13-22)14-29(24,25)16(11-27-20)10-21-5-7-26-8-6-21/h1-4,9,16H,5-8,10-14H2/t16-/m0/s1. The lowest BCUT2D eigenvalue weighted by molar-refractivity contribution is -0.122. The zero-order valence-corrected chi connectivity index (χ0v) is 16.9. The number of amides is 1. The van der Waals surface area contributed by atoms with Crippen molar-refractivity contribution in [3.05, 3.63) is 36.1 Å². The molecule has 1 aromatic heterocycles. The Labute approximate surface area is 169 Å². The quantitative estimate of drug-likeness (QED) is 0.725. The zero-order valence-electron chi connectivity index (χ0n) is 16.1. The number of furan rings is 1. The molecule has 0 N–H and O–H groups in total. The van der Waals surface area contributed by atoms with Crippen molar-refractivity contribution in [1.82, 2.24) is 9.80 Å². The number of para-hydroxylation sites is 1. The van der Waals surface area contributed by atoms with Crippen LogP contribution in [0.3, 0.4) is 0 Å². The molecule has 1 amide bonds. The Morgan fingerprint density at radius 3 is 2.66 bits per heavy atom. The number of likely N-dealkylation sites (tertiary alicyclic amines) is 1. The molecular weight excluding hydrogens is 396 g/mol. The van der Waals surface area contributed by atoms with Crippen molar-refractivity contribution in [3.63, 3.8) is 0 Å². The van der Waals surface area contributed by atoms with E-state index in [0.717, 1.165) is 18.5 Å². The maximum absolute atomic E-state index is 12.9. The van der Waals surface area contributed by atoms with E-state index in [-0.39, 0.29) is 37.1 Å². The number of nitrogens with zero attached hydrogens (tertiary/aromatic N) is 2. The molecule has 3 aliphatic rings. The number of sulfone groups is 1. The van der Waals surface area contributed by atoms with Crippen molar-refractivity contribution < 1.29 is 27.1 Å². The summed E-state index contributed by atoms with van der Waals surface area (Å²) in [5, 5.41) is 0.347. The van der Waals surface area contributed by atoms with Gasteiger partial charge in [0.05, 0.1) is 43.9 Å². The van der Waals surface area contributed by atoms with Crippen molar-refractivity contribution in [2.45, 2.75) is 10.9 Å². The number of morpholine rings is 1. The topological polar surface area (TPSA) is 89.3 Å². The van der Waals surface area contributed by atoms with Crippen LogP contribution >= 0.6 is 0 Å². The average molecular weight is 420 g/mol. The summed E-state index contributed by atoms with van der Waals surface area (Å²) < 4.78 is 42.7. The maximum atomic E-state index is 12.9. The molecule has 9 heteroatoms. The van der Waals surface area contributed by atoms with E-state index >= 15 is 0 Å². The minimum Gasteiger partial charge on any atom is -0.451 e. The van der Waals surface area contributed by atoms with Crippen molar-refractivity contribution in [3.8, 4) is 0 Å². The molecule has 0 aliphatic carbocycles. The molecule has 3 saturated heterocycles. The van der Waals surface area contributed by atoms with E-state index < -0.39 is 20.7 Å². The molecule has 3 fully saturated rings. The predicted octanol–water partition coefficient (Wildman–Crippen LogP) is 0.773. The Morgan fingerprint density at radius 2 is 1.93 bits per heavy atom. The molecule has 1 aromatic carbocycles. The lowest BCUT2D eigenvalue weighted by Crippen LogP contribution is -2.71. The molecule has 1 atom stereocenters. The number of carbonyl (C=O) groups is 1. The highest BCUT2D eigenvalue weighted by molar-refractivity contribution is 7.92. The Balaban J connectivity index is 1.22. The van der Waals surface area contributed by atoms with Gasteiger partial charge in [0.15, 0.2) is 15.6 Å². The summed E-state index contributed by atoms with van der Waals surface area (Å²) >= 11 is 0. The minimum absolute atomic E-state index is 0.0427. The van der Waals surface area contributed by atoms with Gasteiger partial charge in [0.1, 0.15) is 11.2 Å². The number of hydrogen-bond donors (Lipinski definition) is 0. The molecule has 5 rings (SSSR count). The van der Waals surface area contributed by atoms with Crippen LogP contribution in [0.25, 0.3) is 11.0 Å². The van der Waals surface area contributed by atoms with Crippen molar-refractivity contribution in [2.75, 3.05) is 58.3 Å². The third-order valence-electron chi connectivity index (χ3n) is 5.99. The number of rotatable bonds is 3. The molecule has 3 aliphatic heterocycles. The van der Waals surface area contributed by atoms with Crippen LogP contribution in [0.1, 0.15) is 10.6 Å². The maximum Gasteiger partial charge on any atom is 0.289 e. The second-order valence-electron chi connectivity index (χ2n) is 8.15. The Morgan fingerprint density at radius 1 is 1.17 bits per heavy atom. The average Bonchev–Trinajstić information content (AvgIpc) is 3.12. The van der Waals surface area contributed by atoms with Gasteiger partial charge in [-0.3, -0.25) is 9.69 Å². The molecule has 29 heavy (non-hydrogen) atoms. The van der Waals surface area contributed by atoms with Crippen LogP contribution in [0.15, 0.2) is 34.7 Å². The second-order valence-corrected chi connectivity index (χ2v) is 10.4. The highest BCUT2D eigenvalue weighted by Crippen LogP contribution is 2.34. The van der Waals surface area contributed by atoms with Crippen molar-refractivity contribution >= 4 is 26.7 Å². The van der Waals surface area contributed by atoms with Crippen LogP contribution in [-0.2, 0) is 19.3 Å². The Hall–Kier alpha value is -1.94. The van der Waals surface area contributed by atoms with Gasteiger partial charge in [-0.25, -0.2) is 8.42 Å². The summed E-state index contributed by atoms with van der Waals surface area (Å²) in [5.41, 5.74) is -0.129. The zero-order chi connectivity index (χ0) is 20.1. The summed E-state index contributed by atoms with van der Waals surface area (Å²) in [6.45, 7) is 3.95. The number of benzene rings is 1. The Bertz CT molecular complexity index is 988. The first-order valence-corrected chi connectivity index (χ1v) is 11.6. The summed E-state index contributed by atoms with van der Waals surface area (Å²) in [6, 6.07) is 9.17. The largest absolute Gasteiger partial charge is 0.451 e. The van der Waals surface area contributed by atoms with E-state index in [1.807, 2.05) is 24.3 Å². The molecular formula is C20H24N2O6S. The molecule has 156 valence electrons. The van der Waals surface area contributed by atoms with Crippen LogP contribution in [0.4, 0.5) is 0 Å². The van der Waals surface area contributed by atoms with Crippen LogP contribution in [0, 0.1) is 0 Å². The van der Waals surface area contributed by atoms with Gasteiger partial charge in [-0.2, -0.15) is 0 Å². The molecule has 0 radical (unpaired) electrons. The van der Waals surface area contributed by atoms with Gasteiger partial charge < -0.3 is 18.8 Å². The monoisotopic (exact) mass is 420 g/mol. The number of hydrogen-bond acceptors (Lipinski definition) is 7. The lowest BCUT2D eigenvalue weighted by atomic mass is 9.95. The van der Waals surface area contributed by atoms with Crippen LogP contribution in [0.2, 0.25) is 0 Å². The fraction of sp³-hybridized carbons (Fsp3) is 0.550. The van der Waals surface area contributed by atoms with E-state index in [1.54, 1.807) is 11.0 Å². The fourth-order valence-corrected chi connectivity index (χ4v) is 6.30. The number of fused-ring (bicyclic) bond motifs is 1. The van der Waals surface area contributed by atoms with Crippen LogP contribution in [-0.4, -0.2) is 93.3 Å². The van der Waals surface area contributed by atoms with Gasteiger partial charge in [0.25, 0.3) is 5.91 Å². The first kappa shape index (κ1) is 19.0. The number of carbonyl (C=O) groups excluding carboxylic acids is 1.